The van der Waals surface area contributed by atoms with Crippen LogP contribution in [0.3, 0.4) is 0 Å². The zero-order chi connectivity index (χ0) is 20.4. The number of fused-ring (bicyclic) bond motifs is 3. The molecule has 2 aliphatic heterocycles. The third kappa shape index (κ3) is 3.05. The van der Waals surface area contributed by atoms with E-state index in [1.807, 2.05) is 13.8 Å². The SMILES string of the molecule is CC(C)(C(O)c1c(F)c(Cl)cc2cn[nH]c12)[C@H]1C[C@H]2CC[C@@H](C1)N2S(C)(=O)=O. The van der Waals surface area contributed by atoms with Crippen molar-refractivity contribution in [1.82, 2.24) is 14.5 Å². The van der Waals surface area contributed by atoms with Crippen molar-refractivity contribution in [2.75, 3.05) is 6.26 Å². The molecule has 1 aromatic heterocycles. The lowest BCUT2D eigenvalue weighted by Gasteiger charge is -2.46. The number of nitrogens with one attached hydrogen (secondary N) is 1. The van der Waals surface area contributed by atoms with Crippen LogP contribution in [0.1, 0.15) is 51.2 Å². The molecule has 0 radical (unpaired) electrons. The van der Waals surface area contributed by atoms with E-state index in [0.29, 0.717) is 23.7 Å². The standard InChI is InChI=1S/C19H25ClFN3O3S/c1-19(2,11-7-12-4-5-13(8-11)24(12)28(3,26)27)18(25)15-16(21)14(20)6-10-9-22-23-17(10)15/h6,9,11-13,18,25H,4-5,7-8H2,1-3H3,(H,22,23)/t11-,12+,13-,18?. The fourth-order valence-electron chi connectivity index (χ4n) is 5.19. The summed E-state index contributed by atoms with van der Waals surface area (Å²) in [4.78, 5) is 0. The van der Waals surface area contributed by atoms with Gasteiger partial charge in [-0.1, -0.05) is 25.4 Å². The molecule has 6 nitrogen and oxygen atoms in total. The van der Waals surface area contributed by atoms with Gasteiger partial charge in [0.15, 0.2) is 0 Å². The van der Waals surface area contributed by atoms with Crippen LogP contribution < -0.4 is 0 Å². The van der Waals surface area contributed by atoms with Gasteiger partial charge in [0.25, 0.3) is 0 Å². The zero-order valence-corrected chi connectivity index (χ0v) is 17.7. The molecule has 2 N–H and O–H groups in total. The average Bonchev–Trinajstić information content (AvgIpc) is 3.17. The highest BCUT2D eigenvalue weighted by molar-refractivity contribution is 7.88. The Labute approximate surface area is 169 Å². The summed E-state index contributed by atoms with van der Waals surface area (Å²) in [6.45, 7) is 3.83. The number of benzene rings is 1. The van der Waals surface area contributed by atoms with Gasteiger partial charge >= 0.3 is 0 Å². The predicted octanol–water partition coefficient (Wildman–Crippen LogP) is 3.62. The van der Waals surface area contributed by atoms with E-state index in [1.54, 1.807) is 10.5 Å². The van der Waals surface area contributed by atoms with Crippen LogP contribution in [0.2, 0.25) is 5.02 Å². The highest BCUT2D eigenvalue weighted by Gasteiger charge is 2.50. The van der Waals surface area contributed by atoms with E-state index >= 15 is 0 Å². The molecule has 0 saturated carbocycles. The summed E-state index contributed by atoms with van der Waals surface area (Å²) in [6.07, 6.45) is 4.67. The van der Waals surface area contributed by atoms with Gasteiger partial charge in [0.05, 0.1) is 29.1 Å². The molecule has 154 valence electrons. The minimum atomic E-state index is -3.26. The Morgan fingerprint density at radius 2 is 1.96 bits per heavy atom. The molecule has 3 heterocycles. The zero-order valence-electron chi connectivity index (χ0n) is 16.1. The second-order valence-corrected chi connectivity index (χ2v) is 11.1. The van der Waals surface area contributed by atoms with Crippen LogP contribution in [0, 0.1) is 17.2 Å². The molecule has 0 spiro atoms. The molecule has 0 amide bonds. The van der Waals surface area contributed by atoms with E-state index in [4.69, 9.17) is 11.6 Å². The van der Waals surface area contributed by atoms with Crippen molar-refractivity contribution in [2.24, 2.45) is 11.3 Å². The number of piperidine rings is 1. The van der Waals surface area contributed by atoms with E-state index < -0.39 is 27.4 Å². The normalized spacial score (nSPS) is 27.4. The summed E-state index contributed by atoms with van der Waals surface area (Å²) < 4.78 is 40.9. The van der Waals surface area contributed by atoms with Crippen molar-refractivity contribution in [3.8, 4) is 0 Å². The number of aromatic nitrogens is 2. The first-order valence-corrected chi connectivity index (χ1v) is 11.7. The second-order valence-electron chi connectivity index (χ2n) is 8.79. The van der Waals surface area contributed by atoms with Gasteiger partial charge in [-0.15, -0.1) is 0 Å². The maximum absolute atomic E-state index is 14.9. The van der Waals surface area contributed by atoms with Crippen molar-refractivity contribution in [3.63, 3.8) is 0 Å². The number of nitrogens with zero attached hydrogens (tertiary/aromatic N) is 2. The van der Waals surface area contributed by atoms with Crippen LogP contribution in [0.5, 0.6) is 0 Å². The van der Waals surface area contributed by atoms with Crippen molar-refractivity contribution in [2.45, 2.75) is 57.7 Å². The van der Waals surface area contributed by atoms with Gasteiger partial charge in [0, 0.05) is 23.0 Å². The molecule has 2 fully saturated rings. The number of aliphatic hydroxyl groups is 1. The smallest absolute Gasteiger partial charge is 0.211 e. The van der Waals surface area contributed by atoms with E-state index in [-0.39, 0.29) is 28.6 Å². The summed E-state index contributed by atoms with van der Waals surface area (Å²) in [5.74, 6) is -0.593. The maximum atomic E-state index is 14.9. The topological polar surface area (TPSA) is 86.3 Å². The number of halogens is 2. The van der Waals surface area contributed by atoms with Crippen LogP contribution in [0.25, 0.3) is 10.9 Å². The van der Waals surface area contributed by atoms with Gasteiger partial charge < -0.3 is 5.11 Å². The summed E-state index contributed by atoms with van der Waals surface area (Å²) in [5.41, 5.74) is -0.101. The minimum absolute atomic E-state index is 0.0503. The molecule has 2 bridgehead atoms. The van der Waals surface area contributed by atoms with Gasteiger partial charge in [-0.05, 0) is 43.1 Å². The maximum Gasteiger partial charge on any atom is 0.211 e. The third-order valence-electron chi connectivity index (χ3n) is 6.75. The van der Waals surface area contributed by atoms with E-state index in [1.165, 1.54) is 12.3 Å². The van der Waals surface area contributed by atoms with Crippen molar-refractivity contribution < 1.29 is 17.9 Å². The average molecular weight is 430 g/mol. The lowest BCUT2D eigenvalue weighted by Crippen LogP contribution is -2.49. The monoisotopic (exact) mass is 429 g/mol. The molecule has 4 atom stereocenters. The molecule has 9 heteroatoms. The minimum Gasteiger partial charge on any atom is -0.388 e. The van der Waals surface area contributed by atoms with Gasteiger partial charge in [-0.3, -0.25) is 5.10 Å². The first-order valence-electron chi connectivity index (χ1n) is 9.49. The number of aromatic amines is 1. The Morgan fingerprint density at radius 1 is 1.36 bits per heavy atom. The van der Waals surface area contributed by atoms with E-state index in [2.05, 4.69) is 10.2 Å². The first kappa shape index (κ1) is 20.1. The number of rotatable bonds is 4. The highest BCUT2D eigenvalue weighted by atomic mass is 35.5. The van der Waals surface area contributed by atoms with Crippen molar-refractivity contribution in [1.29, 1.82) is 0 Å². The number of H-pyrrole nitrogens is 1. The second kappa shape index (κ2) is 6.65. The van der Waals surface area contributed by atoms with Gasteiger partial charge in [0.2, 0.25) is 10.0 Å². The van der Waals surface area contributed by atoms with Crippen LogP contribution in [0.15, 0.2) is 12.3 Å². The summed E-state index contributed by atoms with van der Waals surface area (Å²) in [6, 6.07) is 1.38. The Balaban J connectivity index is 1.69. The summed E-state index contributed by atoms with van der Waals surface area (Å²) in [5, 5.41) is 18.6. The summed E-state index contributed by atoms with van der Waals surface area (Å²) >= 11 is 6.05. The molecule has 2 aliphatic rings. The Hall–Kier alpha value is -1.22. The van der Waals surface area contributed by atoms with Crippen molar-refractivity contribution >= 4 is 32.5 Å². The van der Waals surface area contributed by atoms with E-state index in [9.17, 15) is 17.9 Å². The van der Waals surface area contributed by atoms with Gasteiger partial charge in [0.1, 0.15) is 5.82 Å². The lowest BCUT2D eigenvalue weighted by molar-refractivity contribution is -0.0238. The quantitative estimate of drug-likeness (QED) is 0.777. The van der Waals surface area contributed by atoms with Crippen molar-refractivity contribution in [3.05, 3.63) is 28.7 Å². The summed E-state index contributed by atoms with van der Waals surface area (Å²) in [7, 11) is -3.26. The predicted molar refractivity (Wildman–Crippen MR) is 106 cm³/mol. The third-order valence-corrected chi connectivity index (χ3v) is 8.38. The highest BCUT2D eigenvalue weighted by Crippen LogP contribution is 2.52. The van der Waals surface area contributed by atoms with Crippen LogP contribution in [0.4, 0.5) is 4.39 Å². The number of sulfonamides is 1. The van der Waals surface area contributed by atoms with Crippen LogP contribution in [-0.2, 0) is 10.0 Å². The molecule has 0 aliphatic carbocycles. The molecular weight excluding hydrogens is 405 g/mol. The van der Waals surface area contributed by atoms with Gasteiger partial charge in [-0.2, -0.15) is 9.40 Å². The number of hydrogen-bond acceptors (Lipinski definition) is 4. The fourth-order valence-corrected chi connectivity index (χ4v) is 6.88. The van der Waals surface area contributed by atoms with Gasteiger partial charge in [-0.25, -0.2) is 12.8 Å². The number of aliphatic hydroxyl groups excluding tert-OH is 1. The fraction of sp³-hybridized carbons (Fsp3) is 0.632. The van der Waals surface area contributed by atoms with E-state index in [0.717, 1.165) is 12.8 Å². The molecule has 1 aromatic carbocycles. The Kier molecular flexibility index (Phi) is 4.77. The molecule has 28 heavy (non-hydrogen) atoms. The molecule has 2 aromatic rings. The van der Waals surface area contributed by atoms with Crippen LogP contribution >= 0.6 is 11.6 Å². The first-order chi connectivity index (χ1) is 13.0. The molecule has 4 rings (SSSR count). The largest absolute Gasteiger partial charge is 0.388 e. The Morgan fingerprint density at radius 3 is 2.54 bits per heavy atom. The number of hydrogen-bond donors (Lipinski definition) is 2. The Bertz CT molecular complexity index is 1010. The molecular formula is C19H25ClFN3O3S. The lowest BCUT2D eigenvalue weighted by atomic mass is 9.67. The molecule has 2 saturated heterocycles. The molecule has 1 unspecified atom stereocenters. The van der Waals surface area contributed by atoms with Crippen LogP contribution in [-0.4, -0.2) is 46.4 Å².